The molecule has 0 aliphatic carbocycles. The van der Waals surface area contributed by atoms with Gasteiger partial charge < -0.3 is 4.74 Å². The number of ketones is 2. The fourth-order valence-electron chi connectivity index (χ4n) is 2.48. The summed E-state index contributed by atoms with van der Waals surface area (Å²) in [7, 11) is 0. The summed E-state index contributed by atoms with van der Waals surface area (Å²) in [5, 5.41) is 0. The largest absolute Gasteiger partial charge is 0.381 e. The SMILES string of the molecule is O=C1C(=O)N(CC(=O)C2CCOC2)c2ccccc21. The van der Waals surface area contributed by atoms with Crippen molar-refractivity contribution in [3.63, 3.8) is 0 Å². The predicted octanol–water partition coefficient (Wildman–Crippen LogP) is 0.821. The van der Waals surface area contributed by atoms with Gasteiger partial charge in [-0.25, -0.2) is 0 Å². The number of ether oxygens (including phenoxy) is 1. The number of Topliss-reactive ketones (excluding diaryl/α,β-unsaturated/α-hetero) is 2. The molecule has 3 rings (SSSR count). The Kier molecular flexibility index (Phi) is 2.91. The second-order valence-corrected chi connectivity index (χ2v) is 4.76. The van der Waals surface area contributed by atoms with Gasteiger partial charge in [-0.05, 0) is 18.6 Å². The van der Waals surface area contributed by atoms with Crippen LogP contribution in [0.2, 0.25) is 0 Å². The van der Waals surface area contributed by atoms with E-state index in [2.05, 4.69) is 0 Å². The summed E-state index contributed by atoms with van der Waals surface area (Å²) in [5.74, 6) is -1.36. The summed E-state index contributed by atoms with van der Waals surface area (Å²) in [6.07, 6.45) is 0.691. The molecule has 0 saturated carbocycles. The molecule has 1 amide bonds. The highest BCUT2D eigenvalue weighted by atomic mass is 16.5. The Hall–Kier alpha value is -2.01. The highest BCUT2D eigenvalue weighted by Crippen LogP contribution is 2.29. The molecular formula is C14H13NO4. The van der Waals surface area contributed by atoms with Gasteiger partial charge in [0.15, 0.2) is 5.78 Å². The number of nitrogens with zero attached hydrogens (tertiary/aromatic N) is 1. The lowest BCUT2D eigenvalue weighted by atomic mass is 10.0. The number of rotatable bonds is 3. The van der Waals surface area contributed by atoms with E-state index in [1.807, 2.05) is 0 Å². The van der Waals surface area contributed by atoms with Crippen LogP contribution in [0.25, 0.3) is 0 Å². The maximum atomic E-state index is 12.1. The minimum atomic E-state index is -0.617. The first kappa shape index (κ1) is 12.0. The van der Waals surface area contributed by atoms with Crippen molar-refractivity contribution in [1.82, 2.24) is 0 Å². The van der Waals surface area contributed by atoms with Crippen LogP contribution in [0.3, 0.4) is 0 Å². The Morgan fingerprint density at radius 3 is 2.84 bits per heavy atom. The average Bonchev–Trinajstić information content (AvgIpc) is 3.03. The first-order valence-electron chi connectivity index (χ1n) is 6.24. The van der Waals surface area contributed by atoms with Crippen LogP contribution in [0.1, 0.15) is 16.8 Å². The molecule has 0 radical (unpaired) electrons. The molecule has 1 atom stereocenters. The molecule has 1 saturated heterocycles. The first-order valence-corrected chi connectivity index (χ1v) is 6.24. The summed E-state index contributed by atoms with van der Waals surface area (Å²) < 4.78 is 5.17. The van der Waals surface area contributed by atoms with E-state index in [1.165, 1.54) is 4.90 Å². The number of fused-ring (bicyclic) bond motifs is 1. The number of carbonyl (C=O) groups excluding carboxylic acids is 3. The lowest BCUT2D eigenvalue weighted by molar-refractivity contribution is -0.123. The van der Waals surface area contributed by atoms with Crippen molar-refractivity contribution in [2.24, 2.45) is 5.92 Å². The van der Waals surface area contributed by atoms with E-state index in [9.17, 15) is 14.4 Å². The topological polar surface area (TPSA) is 63.7 Å². The van der Waals surface area contributed by atoms with Gasteiger partial charge in [0.1, 0.15) is 0 Å². The third-order valence-electron chi connectivity index (χ3n) is 3.58. The molecule has 0 N–H and O–H groups in total. The number of anilines is 1. The van der Waals surface area contributed by atoms with Crippen LogP contribution in [-0.2, 0) is 14.3 Å². The van der Waals surface area contributed by atoms with Crippen molar-refractivity contribution in [1.29, 1.82) is 0 Å². The van der Waals surface area contributed by atoms with Crippen LogP contribution in [0.5, 0.6) is 0 Å². The van der Waals surface area contributed by atoms with E-state index in [4.69, 9.17) is 4.74 Å². The zero-order valence-corrected chi connectivity index (χ0v) is 10.3. The molecule has 19 heavy (non-hydrogen) atoms. The molecule has 0 bridgehead atoms. The molecule has 2 heterocycles. The second kappa shape index (κ2) is 4.59. The van der Waals surface area contributed by atoms with Gasteiger partial charge in [-0.1, -0.05) is 12.1 Å². The molecule has 5 heteroatoms. The van der Waals surface area contributed by atoms with Crippen molar-refractivity contribution in [3.8, 4) is 0 Å². The molecule has 1 unspecified atom stereocenters. The molecule has 1 aromatic rings. The highest BCUT2D eigenvalue weighted by molar-refractivity contribution is 6.52. The first-order chi connectivity index (χ1) is 9.18. The number of hydrogen-bond acceptors (Lipinski definition) is 4. The smallest absolute Gasteiger partial charge is 0.299 e. The average molecular weight is 259 g/mol. The predicted molar refractivity (Wildman–Crippen MR) is 67.1 cm³/mol. The Balaban J connectivity index is 1.83. The van der Waals surface area contributed by atoms with Crippen LogP contribution in [0, 0.1) is 5.92 Å². The molecule has 2 aliphatic rings. The number of hydrogen-bond donors (Lipinski definition) is 0. The number of para-hydroxylation sites is 1. The standard InChI is InChI=1S/C14H13NO4/c16-12(9-5-6-19-8-9)7-15-11-4-2-1-3-10(11)13(17)14(15)18/h1-4,9H,5-8H2. The molecule has 5 nitrogen and oxygen atoms in total. The lowest BCUT2D eigenvalue weighted by Crippen LogP contribution is -2.37. The van der Waals surface area contributed by atoms with Gasteiger partial charge in [0.25, 0.3) is 11.7 Å². The highest BCUT2D eigenvalue weighted by Gasteiger charge is 2.37. The monoisotopic (exact) mass is 259 g/mol. The lowest BCUT2D eigenvalue weighted by Gasteiger charge is -2.17. The van der Waals surface area contributed by atoms with Crippen LogP contribution in [-0.4, -0.2) is 37.2 Å². The van der Waals surface area contributed by atoms with Gasteiger partial charge in [-0.15, -0.1) is 0 Å². The van der Waals surface area contributed by atoms with E-state index < -0.39 is 11.7 Å². The minimum absolute atomic E-state index is 0.0460. The maximum absolute atomic E-state index is 12.1. The van der Waals surface area contributed by atoms with Gasteiger partial charge >= 0.3 is 0 Å². The minimum Gasteiger partial charge on any atom is -0.381 e. The van der Waals surface area contributed by atoms with Gasteiger partial charge in [-0.2, -0.15) is 0 Å². The number of benzene rings is 1. The summed E-state index contributed by atoms with van der Waals surface area (Å²) in [6, 6.07) is 6.76. The molecule has 98 valence electrons. The summed E-state index contributed by atoms with van der Waals surface area (Å²) in [6.45, 7) is 0.950. The van der Waals surface area contributed by atoms with Crippen LogP contribution in [0.4, 0.5) is 5.69 Å². The maximum Gasteiger partial charge on any atom is 0.299 e. The summed E-state index contributed by atoms with van der Waals surface area (Å²) in [5.41, 5.74) is 0.910. The second-order valence-electron chi connectivity index (χ2n) is 4.76. The van der Waals surface area contributed by atoms with Crippen molar-refractivity contribution >= 4 is 23.2 Å². The molecule has 0 spiro atoms. The van der Waals surface area contributed by atoms with E-state index >= 15 is 0 Å². The Bertz CT molecular complexity index is 560. The molecule has 2 aliphatic heterocycles. The van der Waals surface area contributed by atoms with Crippen molar-refractivity contribution in [2.75, 3.05) is 24.7 Å². The van der Waals surface area contributed by atoms with Gasteiger partial charge in [-0.3, -0.25) is 19.3 Å². The zero-order chi connectivity index (χ0) is 13.4. The van der Waals surface area contributed by atoms with Gasteiger partial charge in [0.2, 0.25) is 0 Å². The third-order valence-corrected chi connectivity index (χ3v) is 3.58. The van der Waals surface area contributed by atoms with Gasteiger partial charge in [0, 0.05) is 12.5 Å². The van der Waals surface area contributed by atoms with E-state index in [1.54, 1.807) is 24.3 Å². The van der Waals surface area contributed by atoms with E-state index in [-0.39, 0.29) is 18.2 Å². The summed E-state index contributed by atoms with van der Waals surface area (Å²) >= 11 is 0. The molecule has 1 fully saturated rings. The summed E-state index contributed by atoms with van der Waals surface area (Å²) in [4.78, 5) is 37.0. The molecule has 0 aromatic heterocycles. The fourth-order valence-corrected chi connectivity index (χ4v) is 2.48. The van der Waals surface area contributed by atoms with Gasteiger partial charge in [0.05, 0.1) is 24.4 Å². The van der Waals surface area contributed by atoms with Crippen LogP contribution < -0.4 is 4.90 Å². The van der Waals surface area contributed by atoms with E-state index in [0.29, 0.717) is 30.9 Å². The van der Waals surface area contributed by atoms with Crippen LogP contribution in [0.15, 0.2) is 24.3 Å². The number of carbonyl (C=O) groups is 3. The zero-order valence-electron chi connectivity index (χ0n) is 10.3. The van der Waals surface area contributed by atoms with Crippen molar-refractivity contribution in [2.45, 2.75) is 6.42 Å². The van der Waals surface area contributed by atoms with Crippen LogP contribution >= 0.6 is 0 Å². The Morgan fingerprint density at radius 1 is 1.32 bits per heavy atom. The molecular weight excluding hydrogens is 246 g/mol. The Labute approximate surface area is 110 Å². The normalized spacial score (nSPS) is 21.9. The number of amides is 1. The van der Waals surface area contributed by atoms with E-state index in [0.717, 1.165) is 0 Å². The third kappa shape index (κ3) is 1.96. The Morgan fingerprint density at radius 2 is 2.11 bits per heavy atom. The molecule has 1 aromatic carbocycles. The van der Waals surface area contributed by atoms with Crippen molar-refractivity contribution < 1.29 is 19.1 Å². The van der Waals surface area contributed by atoms with Crippen molar-refractivity contribution in [3.05, 3.63) is 29.8 Å². The fraction of sp³-hybridized carbons (Fsp3) is 0.357. The quantitative estimate of drug-likeness (QED) is 0.754.